The van der Waals surface area contributed by atoms with Gasteiger partial charge in [-0.3, -0.25) is 0 Å². The number of aromatic nitrogens is 2. The van der Waals surface area contributed by atoms with Gasteiger partial charge in [-0.2, -0.15) is 8.75 Å². The predicted octanol–water partition coefficient (Wildman–Crippen LogP) is 2.43. The highest BCUT2D eigenvalue weighted by atomic mass is 32.2. The van der Waals surface area contributed by atoms with Crippen LogP contribution in [0.2, 0.25) is 0 Å². The van der Waals surface area contributed by atoms with E-state index in [1.165, 1.54) is 11.7 Å². The predicted molar refractivity (Wildman–Crippen MR) is 79.8 cm³/mol. The fourth-order valence-corrected chi connectivity index (χ4v) is 3.48. The standard InChI is InChI=1S/C12H22N4S2/c1-12(2,3)9-17-11-10(13-18-14-11)16-7-5-15(4)6-8-16/h5-9H2,1-4H3. The number of hydrogen-bond donors (Lipinski definition) is 0. The molecule has 1 aromatic heterocycles. The molecule has 0 aromatic carbocycles. The van der Waals surface area contributed by atoms with E-state index in [9.17, 15) is 0 Å². The van der Waals surface area contributed by atoms with Crippen molar-refractivity contribution in [2.24, 2.45) is 5.41 Å². The Balaban J connectivity index is 1.99. The monoisotopic (exact) mass is 286 g/mol. The van der Waals surface area contributed by atoms with Crippen LogP contribution < -0.4 is 4.90 Å². The van der Waals surface area contributed by atoms with Crippen molar-refractivity contribution in [1.82, 2.24) is 13.6 Å². The molecule has 4 nitrogen and oxygen atoms in total. The van der Waals surface area contributed by atoms with Crippen molar-refractivity contribution in [3.63, 3.8) is 0 Å². The smallest absolute Gasteiger partial charge is 0.176 e. The zero-order chi connectivity index (χ0) is 13.2. The second-order valence-electron chi connectivity index (χ2n) is 6.03. The van der Waals surface area contributed by atoms with Crippen molar-refractivity contribution in [3.8, 4) is 0 Å². The van der Waals surface area contributed by atoms with E-state index in [2.05, 4.69) is 46.4 Å². The van der Waals surface area contributed by atoms with E-state index in [0.29, 0.717) is 5.41 Å². The van der Waals surface area contributed by atoms with Crippen LogP contribution in [-0.4, -0.2) is 52.6 Å². The summed E-state index contributed by atoms with van der Waals surface area (Å²) in [6.07, 6.45) is 0. The van der Waals surface area contributed by atoms with Crippen molar-refractivity contribution in [1.29, 1.82) is 0 Å². The van der Waals surface area contributed by atoms with Crippen LogP contribution >= 0.6 is 23.5 Å². The Bertz CT molecular complexity index is 378. The summed E-state index contributed by atoms with van der Waals surface area (Å²) in [5, 5.41) is 1.11. The van der Waals surface area contributed by atoms with E-state index in [0.717, 1.165) is 42.8 Å². The summed E-state index contributed by atoms with van der Waals surface area (Å²) >= 11 is 3.17. The van der Waals surface area contributed by atoms with Crippen LogP contribution in [0.25, 0.3) is 0 Å². The van der Waals surface area contributed by atoms with E-state index in [1.54, 1.807) is 0 Å². The number of piperazine rings is 1. The van der Waals surface area contributed by atoms with Gasteiger partial charge >= 0.3 is 0 Å². The van der Waals surface area contributed by atoms with E-state index in [1.807, 2.05) is 11.8 Å². The van der Waals surface area contributed by atoms with Crippen LogP contribution in [0.3, 0.4) is 0 Å². The van der Waals surface area contributed by atoms with Gasteiger partial charge in [0.1, 0.15) is 0 Å². The molecule has 1 fully saturated rings. The first-order valence-corrected chi connectivity index (χ1v) is 8.06. The lowest BCUT2D eigenvalue weighted by Crippen LogP contribution is -2.44. The Hall–Kier alpha value is -0.330. The molecule has 0 atom stereocenters. The van der Waals surface area contributed by atoms with Gasteiger partial charge in [-0.25, -0.2) is 0 Å². The molecule has 0 N–H and O–H groups in total. The lowest BCUT2D eigenvalue weighted by Gasteiger charge is -2.32. The summed E-state index contributed by atoms with van der Waals surface area (Å²) in [7, 11) is 2.17. The maximum atomic E-state index is 4.48. The van der Waals surface area contributed by atoms with Gasteiger partial charge in [0.2, 0.25) is 0 Å². The summed E-state index contributed by atoms with van der Waals surface area (Å²) in [5.41, 5.74) is 0.327. The van der Waals surface area contributed by atoms with Crippen molar-refractivity contribution in [2.45, 2.75) is 25.8 Å². The molecule has 1 aromatic rings. The SMILES string of the molecule is CN1CCN(c2nsnc2SCC(C)(C)C)CC1. The third-order valence-corrected chi connectivity index (χ3v) is 5.08. The minimum atomic E-state index is 0.327. The normalized spacial score (nSPS) is 18.3. The van der Waals surface area contributed by atoms with E-state index in [4.69, 9.17) is 0 Å². The van der Waals surface area contributed by atoms with Gasteiger partial charge in [-0.15, -0.1) is 11.8 Å². The van der Waals surface area contributed by atoms with Gasteiger partial charge in [0.25, 0.3) is 0 Å². The zero-order valence-corrected chi connectivity index (χ0v) is 13.3. The molecule has 0 radical (unpaired) electrons. The summed E-state index contributed by atoms with van der Waals surface area (Å²) in [6, 6.07) is 0. The Kier molecular flexibility index (Phi) is 4.50. The number of thioether (sulfide) groups is 1. The second kappa shape index (κ2) is 5.75. The Morgan fingerprint density at radius 3 is 2.44 bits per heavy atom. The minimum absolute atomic E-state index is 0.327. The summed E-state index contributed by atoms with van der Waals surface area (Å²) in [6.45, 7) is 11.1. The third-order valence-electron chi connectivity index (χ3n) is 2.89. The quantitative estimate of drug-likeness (QED) is 0.797. The summed E-state index contributed by atoms with van der Waals surface area (Å²) in [5.74, 6) is 2.18. The fourth-order valence-electron chi connectivity index (χ4n) is 1.76. The van der Waals surface area contributed by atoms with Crippen LogP contribution in [0.5, 0.6) is 0 Å². The minimum Gasteiger partial charge on any atom is -0.351 e. The number of hydrogen-bond acceptors (Lipinski definition) is 6. The lowest BCUT2D eigenvalue weighted by molar-refractivity contribution is 0.311. The van der Waals surface area contributed by atoms with Gasteiger partial charge in [-0.1, -0.05) is 20.8 Å². The average Bonchev–Trinajstić information content (AvgIpc) is 2.75. The van der Waals surface area contributed by atoms with Crippen molar-refractivity contribution >= 4 is 29.3 Å². The highest BCUT2D eigenvalue weighted by molar-refractivity contribution is 7.99. The molecule has 6 heteroatoms. The molecule has 1 aliphatic rings. The Morgan fingerprint density at radius 2 is 1.83 bits per heavy atom. The molecule has 0 spiro atoms. The molecule has 2 rings (SSSR count). The number of nitrogens with zero attached hydrogens (tertiary/aromatic N) is 4. The molecule has 0 aliphatic carbocycles. The molecule has 0 amide bonds. The zero-order valence-electron chi connectivity index (χ0n) is 11.6. The maximum absolute atomic E-state index is 4.48. The van der Waals surface area contributed by atoms with Crippen LogP contribution in [-0.2, 0) is 0 Å². The molecule has 18 heavy (non-hydrogen) atoms. The molecule has 1 aliphatic heterocycles. The second-order valence-corrected chi connectivity index (χ2v) is 7.53. The molecule has 0 bridgehead atoms. The van der Waals surface area contributed by atoms with Crippen molar-refractivity contribution < 1.29 is 0 Å². The molecule has 0 saturated carbocycles. The topological polar surface area (TPSA) is 32.3 Å². The first-order chi connectivity index (χ1) is 8.46. The Labute approximate surface area is 118 Å². The van der Waals surface area contributed by atoms with E-state index >= 15 is 0 Å². The lowest BCUT2D eigenvalue weighted by atomic mass is 10.0. The number of rotatable bonds is 3. The number of likely N-dealkylation sites (N-methyl/N-ethyl adjacent to an activating group) is 1. The maximum Gasteiger partial charge on any atom is 0.176 e. The summed E-state index contributed by atoms with van der Waals surface area (Å²) in [4.78, 5) is 4.73. The van der Waals surface area contributed by atoms with Crippen molar-refractivity contribution in [2.75, 3.05) is 43.9 Å². The van der Waals surface area contributed by atoms with Crippen LogP contribution in [0.1, 0.15) is 20.8 Å². The molecular formula is C12H22N4S2. The largest absolute Gasteiger partial charge is 0.351 e. The molecule has 0 unspecified atom stereocenters. The van der Waals surface area contributed by atoms with Gasteiger partial charge in [0.15, 0.2) is 10.8 Å². The average molecular weight is 286 g/mol. The first-order valence-electron chi connectivity index (χ1n) is 6.34. The van der Waals surface area contributed by atoms with E-state index < -0.39 is 0 Å². The summed E-state index contributed by atoms with van der Waals surface area (Å²) < 4.78 is 8.93. The van der Waals surface area contributed by atoms with Gasteiger partial charge in [0.05, 0.1) is 11.7 Å². The molecule has 1 saturated heterocycles. The Morgan fingerprint density at radius 1 is 1.17 bits per heavy atom. The highest BCUT2D eigenvalue weighted by Gasteiger charge is 2.21. The van der Waals surface area contributed by atoms with Gasteiger partial charge in [0, 0.05) is 31.9 Å². The van der Waals surface area contributed by atoms with Crippen LogP contribution in [0.15, 0.2) is 5.03 Å². The fraction of sp³-hybridized carbons (Fsp3) is 0.833. The third kappa shape index (κ3) is 3.83. The van der Waals surface area contributed by atoms with Gasteiger partial charge in [-0.05, 0) is 12.5 Å². The molecular weight excluding hydrogens is 264 g/mol. The van der Waals surface area contributed by atoms with Crippen molar-refractivity contribution in [3.05, 3.63) is 0 Å². The van der Waals surface area contributed by atoms with Crippen LogP contribution in [0, 0.1) is 5.41 Å². The highest BCUT2D eigenvalue weighted by Crippen LogP contribution is 2.32. The molecule has 102 valence electrons. The first kappa shape index (κ1) is 14.1. The number of anilines is 1. The van der Waals surface area contributed by atoms with E-state index in [-0.39, 0.29) is 0 Å². The molecule has 2 heterocycles. The van der Waals surface area contributed by atoms with Gasteiger partial charge < -0.3 is 9.80 Å². The van der Waals surface area contributed by atoms with Crippen LogP contribution in [0.4, 0.5) is 5.82 Å².